The predicted octanol–water partition coefficient (Wildman–Crippen LogP) is 2.99. The van der Waals surface area contributed by atoms with Crippen LogP contribution in [0.5, 0.6) is 0 Å². The normalized spacial score (nSPS) is 17.8. The van der Waals surface area contributed by atoms with Gasteiger partial charge < -0.3 is 25.9 Å². The SMILES string of the molecule is CNc1ccc(-c2cnc3[nH]ccc3c2N2CCC3(CC2)CNC3=O)cc1C=N. The third-order valence-corrected chi connectivity index (χ3v) is 6.45. The summed E-state index contributed by atoms with van der Waals surface area (Å²) in [6.45, 7) is 2.49. The second-order valence-electron chi connectivity index (χ2n) is 7.91. The average molecular weight is 388 g/mol. The van der Waals surface area contributed by atoms with E-state index >= 15 is 0 Å². The minimum atomic E-state index is -0.164. The molecule has 1 spiro atoms. The summed E-state index contributed by atoms with van der Waals surface area (Å²) in [7, 11) is 1.86. The number of H-pyrrole nitrogens is 1. The quantitative estimate of drug-likeness (QED) is 0.408. The Balaban J connectivity index is 1.59. The van der Waals surface area contributed by atoms with Gasteiger partial charge in [-0.2, -0.15) is 0 Å². The molecule has 2 aliphatic heterocycles. The summed E-state index contributed by atoms with van der Waals surface area (Å²) >= 11 is 0. The average Bonchev–Trinajstić information content (AvgIpc) is 3.26. The number of anilines is 2. The lowest BCUT2D eigenvalue weighted by atomic mass is 9.72. The Bertz CT molecular complexity index is 1110. The van der Waals surface area contributed by atoms with Crippen molar-refractivity contribution in [1.82, 2.24) is 15.3 Å². The highest BCUT2D eigenvalue weighted by atomic mass is 16.2. The van der Waals surface area contributed by atoms with Gasteiger partial charge in [0.15, 0.2) is 0 Å². The molecule has 7 nitrogen and oxygen atoms in total. The molecule has 0 bridgehead atoms. The molecule has 2 saturated heterocycles. The molecule has 1 amide bonds. The van der Waals surface area contributed by atoms with Crippen molar-refractivity contribution in [3.63, 3.8) is 0 Å². The number of hydrogen-bond donors (Lipinski definition) is 4. The van der Waals surface area contributed by atoms with Crippen LogP contribution in [0.3, 0.4) is 0 Å². The van der Waals surface area contributed by atoms with Gasteiger partial charge in [-0.15, -0.1) is 0 Å². The number of nitrogens with one attached hydrogen (secondary N) is 4. The predicted molar refractivity (Wildman–Crippen MR) is 116 cm³/mol. The van der Waals surface area contributed by atoms with Crippen molar-refractivity contribution in [3.05, 3.63) is 42.2 Å². The molecule has 4 N–H and O–H groups in total. The molecular weight excluding hydrogens is 364 g/mol. The zero-order valence-electron chi connectivity index (χ0n) is 16.4. The van der Waals surface area contributed by atoms with Crippen molar-refractivity contribution < 1.29 is 4.79 Å². The Hall–Kier alpha value is -3.35. The van der Waals surface area contributed by atoms with Crippen molar-refractivity contribution >= 4 is 34.5 Å². The number of fused-ring (bicyclic) bond motifs is 1. The molecular formula is C22H24N6O. The van der Waals surface area contributed by atoms with E-state index in [-0.39, 0.29) is 11.3 Å². The van der Waals surface area contributed by atoms with Crippen LogP contribution < -0.4 is 15.5 Å². The number of nitrogens with zero attached hydrogens (tertiary/aromatic N) is 2. The monoisotopic (exact) mass is 388 g/mol. The van der Waals surface area contributed by atoms with E-state index in [1.54, 1.807) is 0 Å². The van der Waals surface area contributed by atoms with Crippen molar-refractivity contribution in [2.24, 2.45) is 5.41 Å². The number of aromatic nitrogens is 2. The maximum Gasteiger partial charge on any atom is 0.228 e. The molecule has 2 aliphatic rings. The first-order valence-electron chi connectivity index (χ1n) is 9.97. The Morgan fingerprint density at radius 3 is 2.76 bits per heavy atom. The number of piperidine rings is 1. The maximum absolute atomic E-state index is 12.1. The standard InChI is InChI=1S/C22H24N6O/c1-24-18-3-2-14(10-15(18)11-23)17-12-26-20-16(4-7-25-20)19(17)28-8-5-22(6-9-28)13-27-21(22)29/h2-4,7,10-12,23-24H,5-6,8-9,13H2,1H3,(H,25,26)(H,27,29). The highest BCUT2D eigenvalue weighted by molar-refractivity contribution is 6.00. The lowest BCUT2D eigenvalue weighted by molar-refractivity contribution is -0.141. The largest absolute Gasteiger partial charge is 0.388 e. The molecule has 7 heteroatoms. The van der Waals surface area contributed by atoms with Crippen molar-refractivity contribution in [3.8, 4) is 11.1 Å². The minimum absolute atomic E-state index is 0.164. The summed E-state index contributed by atoms with van der Waals surface area (Å²) in [6, 6.07) is 8.18. The molecule has 3 aromatic rings. The van der Waals surface area contributed by atoms with Crippen LogP contribution >= 0.6 is 0 Å². The number of aromatic amines is 1. The number of carbonyl (C=O) groups excluding carboxylic acids is 1. The fourth-order valence-corrected chi connectivity index (χ4v) is 4.60. The number of carbonyl (C=O) groups is 1. The number of pyridine rings is 1. The summed E-state index contributed by atoms with van der Waals surface area (Å²) in [4.78, 5) is 22.3. The lowest BCUT2D eigenvalue weighted by Gasteiger charge is -2.47. The Kier molecular flexibility index (Phi) is 4.04. The Labute approximate surface area is 169 Å². The molecule has 2 aromatic heterocycles. The molecule has 2 fully saturated rings. The molecule has 0 saturated carbocycles. The van der Waals surface area contributed by atoms with Gasteiger partial charge in [0.25, 0.3) is 0 Å². The second kappa shape index (κ2) is 6.62. The second-order valence-corrected chi connectivity index (χ2v) is 7.91. The highest BCUT2D eigenvalue weighted by Crippen LogP contribution is 2.42. The minimum Gasteiger partial charge on any atom is -0.388 e. The van der Waals surface area contributed by atoms with Crippen LogP contribution in [0.25, 0.3) is 22.2 Å². The summed E-state index contributed by atoms with van der Waals surface area (Å²) in [5.74, 6) is 0.206. The van der Waals surface area contributed by atoms with Gasteiger partial charge in [-0.05, 0) is 36.6 Å². The third-order valence-electron chi connectivity index (χ3n) is 6.45. The van der Waals surface area contributed by atoms with Crippen LogP contribution in [0.4, 0.5) is 11.4 Å². The lowest BCUT2D eigenvalue weighted by Crippen LogP contribution is -2.62. The van der Waals surface area contributed by atoms with Crippen LogP contribution in [-0.4, -0.2) is 48.8 Å². The summed E-state index contributed by atoms with van der Waals surface area (Å²) < 4.78 is 0. The van der Waals surface area contributed by atoms with E-state index in [2.05, 4.69) is 37.6 Å². The molecule has 1 aromatic carbocycles. The third kappa shape index (κ3) is 2.68. The number of amides is 1. The fourth-order valence-electron chi connectivity index (χ4n) is 4.60. The van der Waals surface area contributed by atoms with Crippen LogP contribution in [-0.2, 0) is 4.79 Å². The number of rotatable bonds is 4. The fraction of sp³-hybridized carbons (Fsp3) is 0.318. The molecule has 148 valence electrons. The van der Waals surface area contributed by atoms with Gasteiger partial charge in [-0.25, -0.2) is 4.98 Å². The topological polar surface area (TPSA) is 96.9 Å². The van der Waals surface area contributed by atoms with Gasteiger partial charge in [0.05, 0.1) is 11.1 Å². The van der Waals surface area contributed by atoms with E-state index in [0.29, 0.717) is 0 Å². The zero-order chi connectivity index (χ0) is 20.0. The number of β-lactam (4-membered cyclic amide) rings is 1. The number of hydrogen-bond acceptors (Lipinski definition) is 5. The first-order valence-corrected chi connectivity index (χ1v) is 9.97. The van der Waals surface area contributed by atoms with Gasteiger partial charge in [0.1, 0.15) is 5.65 Å². The Morgan fingerprint density at radius 1 is 1.28 bits per heavy atom. The first kappa shape index (κ1) is 17.7. The van der Waals surface area contributed by atoms with Crippen molar-refractivity contribution in [2.45, 2.75) is 12.8 Å². The van der Waals surface area contributed by atoms with Gasteiger partial charge in [-0.1, -0.05) is 6.07 Å². The van der Waals surface area contributed by atoms with Crippen LogP contribution in [0.1, 0.15) is 18.4 Å². The van der Waals surface area contributed by atoms with Crippen LogP contribution in [0.2, 0.25) is 0 Å². The van der Waals surface area contributed by atoms with Gasteiger partial charge >= 0.3 is 0 Å². The molecule has 0 unspecified atom stereocenters. The summed E-state index contributed by atoms with van der Waals surface area (Å²) in [6.07, 6.45) is 6.95. The Morgan fingerprint density at radius 2 is 2.10 bits per heavy atom. The van der Waals surface area contributed by atoms with E-state index in [9.17, 15) is 4.79 Å². The highest BCUT2D eigenvalue weighted by Gasteiger charge is 2.48. The van der Waals surface area contributed by atoms with Gasteiger partial charge in [-0.3, -0.25) is 4.79 Å². The molecule has 5 rings (SSSR count). The molecule has 4 heterocycles. The summed E-state index contributed by atoms with van der Waals surface area (Å²) in [5.41, 5.74) is 5.71. The zero-order valence-corrected chi connectivity index (χ0v) is 16.4. The van der Waals surface area contributed by atoms with Crippen LogP contribution in [0.15, 0.2) is 36.7 Å². The molecule has 0 atom stereocenters. The van der Waals surface area contributed by atoms with E-state index in [4.69, 9.17) is 5.41 Å². The maximum atomic E-state index is 12.1. The van der Waals surface area contributed by atoms with Crippen molar-refractivity contribution in [1.29, 1.82) is 5.41 Å². The van der Waals surface area contributed by atoms with Gasteiger partial charge in [0, 0.05) is 67.5 Å². The van der Waals surface area contributed by atoms with E-state index < -0.39 is 0 Å². The number of benzene rings is 1. The van der Waals surface area contributed by atoms with E-state index in [1.807, 2.05) is 31.6 Å². The van der Waals surface area contributed by atoms with E-state index in [0.717, 1.165) is 71.6 Å². The van der Waals surface area contributed by atoms with E-state index in [1.165, 1.54) is 6.21 Å². The molecule has 0 radical (unpaired) electrons. The van der Waals surface area contributed by atoms with Crippen LogP contribution in [0, 0.1) is 10.8 Å². The summed E-state index contributed by atoms with van der Waals surface area (Å²) in [5, 5.41) is 14.9. The molecule has 0 aliphatic carbocycles. The smallest absolute Gasteiger partial charge is 0.228 e. The van der Waals surface area contributed by atoms with Crippen molar-refractivity contribution in [2.75, 3.05) is 36.9 Å². The van der Waals surface area contributed by atoms with Gasteiger partial charge in [0.2, 0.25) is 5.91 Å². The molecule has 29 heavy (non-hydrogen) atoms. The first-order chi connectivity index (χ1) is 14.1.